The smallest absolute Gasteiger partial charge is 0.425 e. The number of pyridine rings is 1. The van der Waals surface area contributed by atoms with Crippen LogP contribution in [0.25, 0.3) is 10.9 Å². The fraction of sp³-hybridized carbons (Fsp3) is 0.308. The van der Waals surface area contributed by atoms with E-state index in [2.05, 4.69) is 4.98 Å². The Labute approximate surface area is 108 Å². The fourth-order valence-corrected chi connectivity index (χ4v) is 1.77. The number of benzene rings is 1. The molecule has 1 aromatic carbocycles. The largest absolute Gasteiger partial charge is 0.479 e. The Morgan fingerprint density at radius 1 is 1.21 bits per heavy atom. The van der Waals surface area contributed by atoms with Crippen LogP contribution in [0.3, 0.4) is 0 Å². The number of halogens is 3. The van der Waals surface area contributed by atoms with Crippen LogP contribution in [0.1, 0.15) is 6.42 Å². The van der Waals surface area contributed by atoms with Gasteiger partial charge in [-0.25, -0.2) is 0 Å². The first kappa shape index (κ1) is 13.6. The molecule has 1 atom stereocenters. The molecule has 2 N–H and O–H groups in total. The molecule has 2 rings (SSSR count). The first-order chi connectivity index (χ1) is 9.02. The summed E-state index contributed by atoms with van der Waals surface area (Å²) in [5.74, 6) is 0.119. The molecule has 0 spiro atoms. The molecular formula is C13H13F3N2O. The van der Waals surface area contributed by atoms with Crippen molar-refractivity contribution in [1.29, 1.82) is 0 Å². The highest BCUT2D eigenvalue weighted by Gasteiger charge is 2.41. The van der Waals surface area contributed by atoms with Gasteiger partial charge in [-0.15, -0.1) is 0 Å². The average molecular weight is 270 g/mol. The van der Waals surface area contributed by atoms with E-state index in [-0.39, 0.29) is 18.7 Å². The maximum absolute atomic E-state index is 12.8. The Morgan fingerprint density at radius 2 is 1.95 bits per heavy atom. The second-order valence-electron chi connectivity index (χ2n) is 4.06. The van der Waals surface area contributed by atoms with Crippen LogP contribution in [0, 0.1) is 0 Å². The Kier molecular flexibility index (Phi) is 3.90. The molecule has 0 amide bonds. The molecule has 6 heteroatoms. The second-order valence-corrected chi connectivity index (χ2v) is 4.06. The third-order valence-electron chi connectivity index (χ3n) is 2.66. The third-order valence-corrected chi connectivity index (χ3v) is 2.66. The summed E-state index contributed by atoms with van der Waals surface area (Å²) in [6.07, 6.45) is -5.13. The number of alkyl halides is 3. The minimum absolute atomic E-state index is 0.0949. The lowest BCUT2D eigenvalue weighted by Gasteiger charge is -2.21. The number of nitrogens with zero attached hydrogens (tertiary/aromatic N) is 1. The highest BCUT2D eigenvalue weighted by atomic mass is 19.4. The predicted molar refractivity (Wildman–Crippen MR) is 65.9 cm³/mol. The van der Waals surface area contributed by atoms with Gasteiger partial charge in [0.15, 0.2) is 6.10 Å². The molecule has 102 valence electrons. The molecule has 1 unspecified atom stereocenters. The zero-order valence-electron chi connectivity index (χ0n) is 10.0. The highest BCUT2D eigenvalue weighted by molar-refractivity contribution is 5.84. The van der Waals surface area contributed by atoms with Crippen LogP contribution in [0.4, 0.5) is 13.2 Å². The van der Waals surface area contributed by atoms with Gasteiger partial charge in [-0.2, -0.15) is 13.2 Å². The van der Waals surface area contributed by atoms with Gasteiger partial charge in [-0.1, -0.05) is 18.2 Å². The fourth-order valence-electron chi connectivity index (χ4n) is 1.77. The number of para-hydroxylation sites is 1. The molecule has 0 aliphatic rings. The summed E-state index contributed by atoms with van der Waals surface area (Å²) in [6.45, 7) is -0.0949. The number of aromatic nitrogens is 1. The normalized spacial score (nSPS) is 13.5. The average Bonchev–Trinajstić information content (AvgIpc) is 2.37. The minimum Gasteiger partial charge on any atom is -0.479 e. The van der Waals surface area contributed by atoms with Crippen LogP contribution >= 0.6 is 0 Å². The minimum atomic E-state index is -4.45. The van der Waals surface area contributed by atoms with Crippen molar-refractivity contribution in [3.05, 3.63) is 36.5 Å². The van der Waals surface area contributed by atoms with E-state index in [1.54, 1.807) is 24.3 Å². The first-order valence-electron chi connectivity index (χ1n) is 5.79. The highest BCUT2D eigenvalue weighted by Crippen LogP contribution is 2.30. The monoisotopic (exact) mass is 270 g/mol. The summed E-state index contributed by atoms with van der Waals surface area (Å²) >= 11 is 0. The van der Waals surface area contributed by atoms with Gasteiger partial charge in [0.25, 0.3) is 0 Å². The molecule has 0 fully saturated rings. The second kappa shape index (κ2) is 5.44. The molecule has 0 saturated carbocycles. The van der Waals surface area contributed by atoms with Crippen LogP contribution in [0.2, 0.25) is 0 Å². The van der Waals surface area contributed by atoms with Gasteiger partial charge in [-0.05, 0) is 18.7 Å². The van der Waals surface area contributed by atoms with Gasteiger partial charge in [0.05, 0.1) is 0 Å². The van der Waals surface area contributed by atoms with E-state index in [9.17, 15) is 13.2 Å². The number of rotatable bonds is 4. The van der Waals surface area contributed by atoms with E-state index in [0.29, 0.717) is 5.52 Å². The van der Waals surface area contributed by atoms with Gasteiger partial charge >= 0.3 is 6.18 Å². The topological polar surface area (TPSA) is 48.1 Å². The number of hydrogen-bond acceptors (Lipinski definition) is 3. The van der Waals surface area contributed by atoms with Crippen molar-refractivity contribution in [2.45, 2.75) is 18.7 Å². The Balaban J connectivity index is 2.34. The van der Waals surface area contributed by atoms with E-state index in [1.807, 2.05) is 0 Å². The third kappa shape index (κ3) is 3.14. The maximum atomic E-state index is 12.8. The van der Waals surface area contributed by atoms with Crippen LogP contribution < -0.4 is 10.5 Å². The van der Waals surface area contributed by atoms with E-state index in [0.717, 1.165) is 5.39 Å². The van der Waals surface area contributed by atoms with E-state index in [1.165, 1.54) is 12.3 Å². The van der Waals surface area contributed by atoms with Crippen molar-refractivity contribution < 1.29 is 17.9 Å². The van der Waals surface area contributed by atoms with Gasteiger partial charge in [0.1, 0.15) is 11.3 Å². The quantitative estimate of drug-likeness (QED) is 0.929. The Morgan fingerprint density at radius 3 is 2.63 bits per heavy atom. The summed E-state index contributed by atoms with van der Waals surface area (Å²) in [7, 11) is 0. The van der Waals surface area contributed by atoms with Crippen molar-refractivity contribution in [1.82, 2.24) is 4.98 Å². The van der Waals surface area contributed by atoms with Gasteiger partial charge in [0, 0.05) is 18.0 Å². The van der Waals surface area contributed by atoms with Crippen LogP contribution in [0.15, 0.2) is 36.5 Å². The lowest BCUT2D eigenvalue weighted by molar-refractivity contribution is -0.195. The number of hydrogen-bond donors (Lipinski definition) is 1. The summed E-state index contributed by atoms with van der Waals surface area (Å²) in [4.78, 5) is 4.05. The first-order valence-corrected chi connectivity index (χ1v) is 5.79. The molecule has 0 aliphatic carbocycles. The Bertz CT molecular complexity index is 552. The summed E-state index contributed by atoms with van der Waals surface area (Å²) in [5, 5.41) is 0.730. The summed E-state index contributed by atoms with van der Waals surface area (Å²) < 4.78 is 43.4. The van der Waals surface area contributed by atoms with Crippen LogP contribution in [-0.2, 0) is 0 Å². The molecular weight excluding hydrogens is 257 g/mol. The van der Waals surface area contributed by atoms with Crippen molar-refractivity contribution in [3.63, 3.8) is 0 Å². The zero-order valence-corrected chi connectivity index (χ0v) is 10.0. The van der Waals surface area contributed by atoms with Gasteiger partial charge in [-0.3, -0.25) is 4.98 Å². The van der Waals surface area contributed by atoms with Crippen LogP contribution in [-0.4, -0.2) is 23.8 Å². The molecule has 19 heavy (non-hydrogen) atoms. The molecule has 0 aliphatic heterocycles. The van der Waals surface area contributed by atoms with Crippen molar-refractivity contribution in [2.75, 3.05) is 6.54 Å². The Hall–Kier alpha value is -1.82. The maximum Gasteiger partial charge on any atom is 0.425 e. The van der Waals surface area contributed by atoms with Gasteiger partial charge in [0.2, 0.25) is 0 Å². The number of ether oxygens (including phenoxy) is 1. The summed E-state index contributed by atoms with van der Waals surface area (Å²) in [6, 6.07) is 8.36. The molecule has 3 nitrogen and oxygen atoms in total. The van der Waals surface area contributed by atoms with Gasteiger partial charge < -0.3 is 10.5 Å². The summed E-state index contributed by atoms with van der Waals surface area (Å²) in [5.41, 5.74) is 5.61. The lowest BCUT2D eigenvalue weighted by atomic mass is 10.2. The van der Waals surface area contributed by atoms with Crippen molar-refractivity contribution in [2.24, 2.45) is 5.73 Å². The van der Waals surface area contributed by atoms with Crippen molar-refractivity contribution >= 4 is 10.9 Å². The van der Waals surface area contributed by atoms with Crippen molar-refractivity contribution in [3.8, 4) is 5.75 Å². The number of nitrogens with two attached hydrogens (primary N) is 1. The molecule has 0 saturated heterocycles. The standard InChI is InChI=1S/C13H13F3N2O/c14-13(15,16)11(6-7-17)19-10-5-1-3-9-4-2-8-18-12(9)10/h1-5,8,11H,6-7,17H2. The van der Waals surface area contributed by atoms with E-state index in [4.69, 9.17) is 10.5 Å². The van der Waals surface area contributed by atoms with E-state index >= 15 is 0 Å². The molecule has 0 bridgehead atoms. The molecule has 1 aromatic heterocycles. The SMILES string of the molecule is NCCC(Oc1cccc2cccnc12)C(F)(F)F. The van der Waals surface area contributed by atoms with Crippen LogP contribution in [0.5, 0.6) is 5.75 Å². The lowest BCUT2D eigenvalue weighted by Crippen LogP contribution is -2.36. The molecule has 1 heterocycles. The van der Waals surface area contributed by atoms with E-state index < -0.39 is 12.3 Å². The molecule has 2 aromatic rings. The molecule has 0 radical (unpaired) electrons. The predicted octanol–water partition coefficient (Wildman–Crippen LogP) is 2.89. The number of fused-ring (bicyclic) bond motifs is 1. The zero-order chi connectivity index (χ0) is 13.9.